The van der Waals surface area contributed by atoms with Crippen LogP contribution in [0.15, 0.2) is 29.6 Å². The Hall–Kier alpha value is -1.79. The molecule has 5 nitrogen and oxygen atoms in total. The molecular formula is C17H23N5S. The van der Waals surface area contributed by atoms with E-state index in [1.165, 1.54) is 16.8 Å². The lowest BCUT2D eigenvalue weighted by atomic mass is 9.95. The zero-order valence-corrected chi connectivity index (χ0v) is 14.6. The van der Waals surface area contributed by atoms with Crippen molar-refractivity contribution in [3.63, 3.8) is 0 Å². The van der Waals surface area contributed by atoms with Gasteiger partial charge < -0.3 is 16.0 Å². The zero-order valence-electron chi connectivity index (χ0n) is 13.8. The van der Waals surface area contributed by atoms with Gasteiger partial charge in [-0.1, -0.05) is 30.0 Å². The Morgan fingerprint density at radius 2 is 2.26 bits per heavy atom. The Labute approximate surface area is 141 Å². The van der Waals surface area contributed by atoms with Crippen LogP contribution >= 0.6 is 11.8 Å². The highest BCUT2D eigenvalue weighted by molar-refractivity contribution is 7.98. The maximum atomic E-state index is 4.52. The summed E-state index contributed by atoms with van der Waals surface area (Å²) in [6, 6.07) is 6.85. The van der Waals surface area contributed by atoms with Gasteiger partial charge in [0.25, 0.3) is 0 Å². The second-order valence-corrected chi connectivity index (χ2v) is 6.44. The van der Waals surface area contributed by atoms with E-state index in [9.17, 15) is 0 Å². The van der Waals surface area contributed by atoms with Gasteiger partial charge in [-0.3, -0.25) is 0 Å². The molecule has 0 spiro atoms. The van der Waals surface area contributed by atoms with Gasteiger partial charge in [0.1, 0.15) is 5.82 Å². The summed E-state index contributed by atoms with van der Waals surface area (Å²) in [7, 11) is 1.90. The molecule has 0 saturated carbocycles. The smallest absolute Gasteiger partial charge is 0.189 e. The molecule has 3 N–H and O–H groups in total. The van der Waals surface area contributed by atoms with Gasteiger partial charge in [0.05, 0.1) is 0 Å². The SMILES string of the molecule is CNc1nc(SC)ncc1CNC1CCNc2c(C)cccc21. The molecule has 0 bridgehead atoms. The number of aryl methyl sites for hydroxylation is 1. The fourth-order valence-corrected chi connectivity index (χ4v) is 3.34. The summed E-state index contributed by atoms with van der Waals surface area (Å²) in [6.07, 6.45) is 4.98. The van der Waals surface area contributed by atoms with Gasteiger partial charge in [0.15, 0.2) is 5.16 Å². The summed E-state index contributed by atoms with van der Waals surface area (Å²) in [5.41, 5.74) is 5.03. The highest BCUT2D eigenvalue weighted by Gasteiger charge is 2.20. The fourth-order valence-electron chi connectivity index (χ4n) is 3.00. The van der Waals surface area contributed by atoms with Crippen LogP contribution in [0.3, 0.4) is 0 Å². The Balaban J connectivity index is 1.76. The first-order valence-electron chi connectivity index (χ1n) is 7.87. The quantitative estimate of drug-likeness (QED) is 0.578. The monoisotopic (exact) mass is 329 g/mol. The van der Waals surface area contributed by atoms with E-state index < -0.39 is 0 Å². The number of rotatable bonds is 5. The van der Waals surface area contributed by atoms with Crippen molar-refractivity contribution in [3.05, 3.63) is 41.1 Å². The van der Waals surface area contributed by atoms with Gasteiger partial charge in [-0.25, -0.2) is 9.97 Å². The summed E-state index contributed by atoms with van der Waals surface area (Å²) >= 11 is 1.55. The van der Waals surface area contributed by atoms with Gasteiger partial charge in [0.2, 0.25) is 0 Å². The molecule has 1 aliphatic heterocycles. The van der Waals surface area contributed by atoms with E-state index in [4.69, 9.17) is 0 Å². The van der Waals surface area contributed by atoms with Crippen molar-refractivity contribution in [1.29, 1.82) is 0 Å². The lowest BCUT2D eigenvalue weighted by Gasteiger charge is -2.29. The molecule has 2 heterocycles. The molecule has 2 aromatic rings. The van der Waals surface area contributed by atoms with Crippen molar-refractivity contribution in [2.45, 2.75) is 31.1 Å². The topological polar surface area (TPSA) is 61.9 Å². The summed E-state index contributed by atoms with van der Waals surface area (Å²) in [5.74, 6) is 0.898. The molecule has 6 heteroatoms. The average Bonchev–Trinajstić information content (AvgIpc) is 2.60. The van der Waals surface area contributed by atoms with Crippen LogP contribution in [0.4, 0.5) is 11.5 Å². The van der Waals surface area contributed by atoms with Crippen LogP contribution in [0, 0.1) is 6.92 Å². The first kappa shape index (κ1) is 16.1. The van der Waals surface area contributed by atoms with Crippen molar-refractivity contribution in [1.82, 2.24) is 15.3 Å². The third kappa shape index (κ3) is 3.43. The second-order valence-electron chi connectivity index (χ2n) is 5.67. The molecule has 122 valence electrons. The average molecular weight is 329 g/mol. The van der Waals surface area contributed by atoms with Crippen LogP contribution in [-0.2, 0) is 6.54 Å². The van der Waals surface area contributed by atoms with Crippen molar-refractivity contribution in [3.8, 4) is 0 Å². The normalized spacial score (nSPS) is 16.6. The van der Waals surface area contributed by atoms with Gasteiger partial charge in [-0.15, -0.1) is 0 Å². The highest BCUT2D eigenvalue weighted by atomic mass is 32.2. The minimum atomic E-state index is 0.357. The standard InChI is InChI=1S/C17H23N5S/c1-11-5-4-6-13-14(7-8-19-15(11)13)20-9-12-10-21-17(23-3)22-16(12)18-2/h4-6,10,14,19-20H,7-9H2,1-3H3,(H,18,21,22). The Morgan fingerprint density at radius 1 is 1.39 bits per heavy atom. The predicted molar refractivity (Wildman–Crippen MR) is 97.2 cm³/mol. The first-order chi connectivity index (χ1) is 11.2. The molecule has 3 rings (SSSR count). The predicted octanol–water partition coefficient (Wildman–Crippen LogP) is 3.20. The maximum absolute atomic E-state index is 4.52. The number of hydrogen-bond donors (Lipinski definition) is 3. The number of aromatic nitrogens is 2. The van der Waals surface area contributed by atoms with E-state index in [0.717, 1.165) is 36.0 Å². The molecule has 1 aliphatic rings. The van der Waals surface area contributed by atoms with E-state index in [1.807, 2.05) is 19.5 Å². The minimum Gasteiger partial charge on any atom is -0.384 e. The van der Waals surface area contributed by atoms with Crippen molar-refractivity contribution < 1.29 is 0 Å². The molecule has 0 radical (unpaired) electrons. The molecular weight excluding hydrogens is 306 g/mol. The van der Waals surface area contributed by atoms with Gasteiger partial charge in [-0.05, 0) is 30.7 Å². The summed E-state index contributed by atoms with van der Waals surface area (Å²) in [4.78, 5) is 8.91. The van der Waals surface area contributed by atoms with E-state index in [0.29, 0.717) is 6.04 Å². The molecule has 1 aromatic heterocycles. The Bertz CT molecular complexity index is 689. The Kier molecular flexibility index (Phi) is 5.03. The van der Waals surface area contributed by atoms with Crippen molar-refractivity contribution in [2.24, 2.45) is 0 Å². The number of para-hydroxylation sites is 1. The third-order valence-corrected chi connectivity index (χ3v) is 4.78. The minimum absolute atomic E-state index is 0.357. The molecule has 23 heavy (non-hydrogen) atoms. The van der Waals surface area contributed by atoms with E-state index >= 15 is 0 Å². The summed E-state index contributed by atoms with van der Waals surface area (Å²) in [5, 5.41) is 11.1. The van der Waals surface area contributed by atoms with Crippen molar-refractivity contribution in [2.75, 3.05) is 30.5 Å². The van der Waals surface area contributed by atoms with Crippen molar-refractivity contribution >= 4 is 23.3 Å². The Morgan fingerprint density at radius 3 is 3.04 bits per heavy atom. The van der Waals surface area contributed by atoms with Crippen LogP contribution in [-0.4, -0.2) is 29.8 Å². The lowest BCUT2D eigenvalue weighted by molar-refractivity contribution is 0.499. The summed E-state index contributed by atoms with van der Waals surface area (Å²) in [6.45, 7) is 3.90. The summed E-state index contributed by atoms with van der Waals surface area (Å²) < 4.78 is 0. The maximum Gasteiger partial charge on any atom is 0.189 e. The number of anilines is 2. The number of nitrogens with zero attached hydrogens (tertiary/aromatic N) is 2. The fraction of sp³-hybridized carbons (Fsp3) is 0.412. The number of nitrogens with one attached hydrogen (secondary N) is 3. The van der Waals surface area contributed by atoms with E-state index in [-0.39, 0.29) is 0 Å². The number of hydrogen-bond acceptors (Lipinski definition) is 6. The van der Waals surface area contributed by atoms with Crippen LogP contribution in [0.2, 0.25) is 0 Å². The lowest BCUT2D eigenvalue weighted by Crippen LogP contribution is -2.28. The molecule has 0 fully saturated rings. The zero-order chi connectivity index (χ0) is 16.2. The van der Waals surface area contributed by atoms with Gasteiger partial charge in [-0.2, -0.15) is 0 Å². The highest BCUT2D eigenvalue weighted by Crippen LogP contribution is 2.32. The van der Waals surface area contributed by atoms with Gasteiger partial charge >= 0.3 is 0 Å². The molecule has 0 aliphatic carbocycles. The second kappa shape index (κ2) is 7.19. The van der Waals surface area contributed by atoms with E-state index in [2.05, 4.69) is 51.0 Å². The molecule has 1 unspecified atom stereocenters. The number of benzene rings is 1. The molecule has 0 saturated heterocycles. The van der Waals surface area contributed by atoms with E-state index in [1.54, 1.807) is 11.8 Å². The van der Waals surface area contributed by atoms with Crippen LogP contribution in [0.5, 0.6) is 0 Å². The first-order valence-corrected chi connectivity index (χ1v) is 9.10. The number of fused-ring (bicyclic) bond motifs is 1. The van der Waals surface area contributed by atoms with Crippen LogP contribution in [0.25, 0.3) is 0 Å². The molecule has 1 atom stereocenters. The van der Waals surface area contributed by atoms with Gasteiger partial charge in [0, 0.05) is 43.6 Å². The van der Waals surface area contributed by atoms with Crippen LogP contribution in [0.1, 0.15) is 29.2 Å². The largest absolute Gasteiger partial charge is 0.384 e. The number of thioether (sulfide) groups is 1. The third-order valence-electron chi connectivity index (χ3n) is 4.22. The molecule has 1 aromatic carbocycles. The molecule has 0 amide bonds. The van der Waals surface area contributed by atoms with Crippen LogP contribution < -0.4 is 16.0 Å².